The van der Waals surface area contributed by atoms with E-state index in [1.807, 2.05) is 0 Å². The van der Waals surface area contributed by atoms with Crippen LogP contribution in [0.1, 0.15) is 126 Å². The zero-order valence-corrected chi connectivity index (χ0v) is 25.6. The van der Waals surface area contributed by atoms with E-state index in [0.717, 1.165) is 36.2 Å². The van der Waals surface area contributed by atoms with Crippen LogP contribution in [0.25, 0.3) is 0 Å². The van der Waals surface area contributed by atoms with E-state index >= 15 is 0 Å². The molecule has 0 saturated heterocycles. The molecule has 0 bridgehead atoms. The van der Waals surface area contributed by atoms with E-state index in [2.05, 4.69) is 47.6 Å². The molecule has 4 nitrogen and oxygen atoms in total. The van der Waals surface area contributed by atoms with Crippen LogP contribution in [0.3, 0.4) is 0 Å². The molecule has 0 aromatic heterocycles. The molecule has 0 heterocycles. The SMILES string of the molecule is CC(=O)OC/C(C)=C/CCC(C)C1CCC2(C)C3CCC4C(C)(C)C(OC(C)=O)CCC45CC35CCC12C. The Labute approximate surface area is 232 Å². The fourth-order valence-corrected chi connectivity index (χ4v) is 11.8. The van der Waals surface area contributed by atoms with Crippen LogP contribution in [0.4, 0.5) is 0 Å². The highest BCUT2D eigenvalue weighted by atomic mass is 16.5. The standard InChI is InChI=1S/C34H54O4/c1-22(20-37-24(3)35)10-9-11-23(2)26-14-16-32(8)28-13-12-27-30(5,6)29(38-25(4)36)15-17-33(27)21-34(28,33)19-18-31(26,32)7/h10,23,26-29H,9,11-21H2,1-8H3/b22-10+. The Balaban J connectivity index is 1.30. The second-order valence-electron chi connectivity index (χ2n) is 15.5. The summed E-state index contributed by atoms with van der Waals surface area (Å²) in [5.41, 5.74) is 3.15. The van der Waals surface area contributed by atoms with Crippen LogP contribution >= 0.6 is 0 Å². The lowest BCUT2D eigenvalue weighted by Gasteiger charge is -2.63. The third-order valence-electron chi connectivity index (χ3n) is 13.7. The number of carbonyl (C=O) groups is 2. The molecule has 5 rings (SSSR count). The van der Waals surface area contributed by atoms with Gasteiger partial charge in [0, 0.05) is 19.3 Å². The highest BCUT2D eigenvalue weighted by molar-refractivity contribution is 5.66. The van der Waals surface area contributed by atoms with E-state index in [0.29, 0.717) is 34.2 Å². The van der Waals surface area contributed by atoms with Gasteiger partial charge in [-0.15, -0.1) is 0 Å². The second kappa shape index (κ2) is 9.37. The zero-order valence-electron chi connectivity index (χ0n) is 25.6. The van der Waals surface area contributed by atoms with E-state index in [-0.39, 0.29) is 23.5 Å². The quantitative estimate of drug-likeness (QED) is 0.247. The molecule has 5 aliphatic rings. The number of carbonyl (C=O) groups excluding carboxylic acids is 2. The van der Waals surface area contributed by atoms with Crippen molar-refractivity contribution in [3.05, 3.63) is 11.6 Å². The third kappa shape index (κ3) is 3.96. The maximum absolute atomic E-state index is 11.9. The summed E-state index contributed by atoms with van der Waals surface area (Å²) in [5, 5.41) is 0. The van der Waals surface area contributed by atoms with Crippen LogP contribution in [-0.4, -0.2) is 24.6 Å². The Hall–Kier alpha value is -1.32. The normalized spacial score (nSPS) is 45.6. The summed E-state index contributed by atoms with van der Waals surface area (Å²) in [5.74, 6) is 2.75. The molecular formula is C34H54O4. The molecule has 0 amide bonds. The number of rotatable bonds is 7. The van der Waals surface area contributed by atoms with Gasteiger partial charge in [0.25, 0.3) is 0 Å². The van der Waals surface area contributed by atoms with E-state index in [9.17, 15) is 9.59 Å². The van der Waals surface area contributed by atoms with Gasteiger partial charge < -0.3 is 9.47 Å². The number of fused-ring (bicyclic) bond motifs is 2. The predicted molar refractivity (Wildman–Crippen MR) is 151 cm³/mol. The summed E-state index contributed by atoms with van der Waals surface area (Å²) >= 11 is 0. The van der Waals surface area contributed by atoms with Gasteiger partial charge in [-0.2, -0.15) is 0 Å². The Bertz CT molecular complexity index is 996. The van der Waals surface area contributed by atoms with E-state index in [1.165, 1.54) is 64.7 Å². The maximum Gasteiger partial charge on any atom is 0.302 e. The highest BCUT2D eigenvalue weighted by Crippen LogP contribution is 2.89. The molecule has 9 atom stereocenters. The van der Waals surface area contributed by atoms with Crippen LogP contribution < -0.4 is 0 Å². The summed E-state index contributed by atoms with van der Waals surface area (Å²) in [4.78, 5) is 23.0. The summed E-state index contributed by atoms with van der Waals surface area (Å²) in [6.45, 7) is 18.3. The first-order valence-corrected chi connectivity index (χ1v) is 15.7. The first-order valence-electron chi connectivity index (χ1n) is 15.7. The number of hydrogen-bond acceptors (Lipinski definition) is 4. The lowest BCUT2D eigenvalue weighted by molar-refractivity contribution is -0.181. The van der Waals surface area contributed by atoms with Crippen molar-refractivity contribution >= 4 is 11.9 Å². The Morgan fingerprint density at radius 2 is 1.53 bits per heavy atom. The molecule has 4 heteroatoms. The lowest BCUT2D eigenvalue weighted by Crippen LogP contribution is -2.58. The Morgan fingerprint density at radius 3 is 2.21 bits per heavy atom. The van der Waals surface area contributed by atoms with Gasteiger partial charge in [0.1, 0.15) is 12.7 Å². The summed E-state index contributed by atoms with van der Waals surface area (Å²) < 4.78 is 11.1. The van der Waals surface area contributed by atoms with E-state index < -0.39 is 0 Å². The van der Waals surface area contributed by atoms with Crippen molar-refractivity contribution in [3.8, 4) is 0 Å². The van der Waals surface area contributed by atoms with Gasteiger partial charge in [-0.3, -0.25) is 9.59 Å². The Kier molecular flexibility index (Phi) is 6.96. The topological polar surface area (TPSA) is 52.6 Å². The third-order valence-corrected chi connectivity index (χ3v) is 13.7. The van der Waals surface area contributed by atoms with E-state index in [1.54, 1.807) is 6.92 Å². The number of ether oxygens (including phenoxy) is 2. The average Bonchev–Trinajstić information content (AvgIpc) is 3.41. The monoisotopic (exact) mass is 526 g/mol. The fourth-order valence-electron chi connectivity index (χ4n) is 11.8. The van der Waals surface area contributed by atoms with Crippen LogP contribution in [-0.2, 0) is 19.1 Å². The number of allylic oxidation sites excluding steroid dienone is 1. The van der Waals surface area contributed by atoms with Gasteiger partial charge in [-0.05, 0) is 128 Å². The summed E-state index contributed by atoms with van der Waals surface area (Å²) in [6, 6.07) is 0. The van der Waals surface area contributed by atoms with E-state index in [4.69, 9.17) is 9.47 Å². The molecule has 2 spiro atoms. The molecule has 214 valence electrons. The van der Waals surface area contributed by atoms with Gasteiger partial charge >= 0.3 is 11.9 Å². The smallest absolute Gasteiger partial charge is 0.302 e. The van der Waals surface area contributed by atoms with Crippen molar-refractivity contribution in [1.82, 2.24) is 0 Å². The van der Waals surface area contributed by atoms with Gasteiger partial charge in [0.15, 0.2) is 0 Å². The van der Waals surface area contributed by atoms with Crippen molar-refractivity contribution in [2.24, 2.45) is 50.7 Å². The van der Waals surface area contributed by atoms with Crippen LogP contribution in [0.5, 0.6) is 0 Å². The minimum atomic E-state index is -0.202. The van der Waals surface area contributed by atoms with Crippen LogP contribution in [0.2, 0.25) is 0 Å². The first-order chi connectivity index (χ1) is 17.7. The minimum absolute atomic E-state index is 0.0773. The second-order valence-corrected chi connectivity index (χ2v) is 15.5. The lowest BCUT2D eigenvalue weighted by atomic mass is 9.41. The maximum atomic E-state index is 11.9. The molecule has 0 N–H and O–H groups in total. The molecule has 38 heavy (non-hydrogen) atoms. The highest BCUT2D eigenvalue weighted by Gasteiger charge is 2.82. The van der Waals surface area contributed by atoms with Crippen molar-refractivity contribution in [2.75, 3.05) is 6.61 Å². The first kappa shape index (κ1) is 28.2. The number of hydrogen-bond donors (Lipinski definition) is 0. The average molecular weight is 527 g/mol. The molecule has 5 fully saturated rings. The molecule has 5 saturated carbocycles. The van der Waals surface area contributed by atoms with Crippen molar-refractivity contribution in [3.63, 3.8) is 0 Å². The predicted octanol–water partition coefficient (Wildman–Crippen LogP) is 8.28. The molecule has 5 aliphatic carbocycles. The Morgan fingerprint density at radius 1 is 0.842 bits per heavy atom. The number of esters is 2. The van der Waals surface area contributed by atoms with Crippen molar-refractivity contribution < 1.29 is 19.1 Å². The molecule has 0 aromatic rings. The molecule has 0 aliphatic heterocycles. The summed E-state index contributed by atoms with van der Waals surface area (Å²) in [6.07, 6.45) is 16.7. The van der Waals surface area contributed by atoms with Crippen LogP contribution in [0.15, 0.2) is 11.6 Å². The largest absolute Gasteiger partial charge is 0.462 e. The van der Waals surface area contributed by atoms with Gasteiger partial charge in [-0.25, -0.2) is 0 Å². The molecular weight excluding hydrogens is 472 g/mol. The van der Waals surface area contributed by atoms with Gasteiger partial charge in [-0.1, -0.05) is 40.7 Å². The van der Waals surface area contributed by atoms with Crippen molar-refractivity contribution in [1.29, 1.82) is 0 Å². The summed E-state index contributed by atoms with van der Waals surface area (Å²) in [7, 11) is 0. The molecule has 9 unspecified atom stereocenters. The molecule has 0 aromatic carbocycles. The van der Waals surface area contributed by atoms with Crippen LogP contribution in [0, 0.1) is 50.7 Å². The zero-order chi connectivity index (χ0) is 27.7. The minimum Gasteiger partial charge on any atom is -0.462 e. The fraction of sp³-hybridized carbons (Fsp3) is 0.882. The van der Waals surface area contributed by atoms with Gasteiger partial charge in [0.05, 0.1) is 0 Å². The van der Waals surface area contributed by atoms with Gasteiger partial charge in [0.2, 0.25) is 0 Å². The molecule has 0 radical (unpaired) electrons. The van der Waals surface area contributed by atoms with Crippen molar-refractivity contribution in [2.45, 2.75) is 132 Å².